The number of carbonyl (C=O) groups is 3. The molecular formula is C17H16N4O4S. The second-order valence-corrected chi connectivity index (χ2v) is 6.09. The number of para-hydroxylation sites is 1. The number of aliphatic imine (C=N–C) groups is 1. The third-order valence-corrected chi connectivity index (χ3v) is 4.22. The maximum absolute atomic E-state index is 12.1. The number of aromatic nitrogens is 1. The van der Waals surface area contributed by atoms with Crippen molar-refractivity contribution in [2.75, 3.05) is 7.11 Å². The van der Waals surface area contributed by atoms with Crippen LogP contribution in [0.4, 0.5) is 0 Å². The van der Waals surface area contributed by atoms with Gasteiger partial charge in [0.05, 0.1) is 7.11 Å². The first kappa shape index (κ1) is 17.7. The van der Waals surface area contributed by atoms with Gasteiger partial charge in [0, 0.05) is 29.7 Å². The van der Waals surface area contributed by atoms with E-state index in [1.54, 1.807) is 6.20 Å². The van der Waals surface area contributed by atoms with Crippen LogP contribution in [0.2, 0.25) is 0 Å². The molecule has 1 aromatic carbocycles. The molecule has 1 aromatic heterocycles. The summed E-state index contributed by atoms with van der Waals surface area (Å²) in [5.41, 5.74) is 1.82. The Labute approximate surface area is 154 Å². The molecule has 0 spiro atoms. The summed E-state index contributed by atoms with van der Waals surface area (Å²) in [5.74, 6) is -2.88. The fourth-order valence-corrected chi connectivity index (χ4v) is 2.90. The Hall–Kier alpha value is -3.07. The standard InChI is InChI=1S/C17H16N4O4S/c1-25-16(24)13(6-9-7-18-12-5-3-2-4-10(9)12)19-8-11-14(22)20-17(26)21-15(11)23/h2-5,7-8,11,13,18H,6H2,1H3,(H2,20,21,22,23,26)/t13-/m1/s1. The van der Waals surface area contributed by atoms with Crippen molar-refractivity contribution in [1.29, 1.82) is 0 Å². The molecule has 0 unspecified atom stereocenters. The van der Waals surface area contributed by atoms with Gasteiger partial charge in [-0.15, -0.1) is 0 Å². The summed E-state index contributed by atoms with van der Waals surface area (Å²) >= 11 is 4.74. The molecule has 2 amide bonds. The van der Waals surface area contributed by atoms with E-state index in [4.69, 9.17) is 17.0 Å². The Balaban J connectivity index is 1.82. The lowest BCUT2D eigenvalue weighted by molar-refractivity contribution is -0.142. The molecule has 1 fully saturated rings. The van der Waals surface area contributed by atoms with Gasteiger partial charge in [0.1, 0.15) is 0 Å². The molecule has 134 valence electrons. The summed E-state index contributed by atoms with van der Waals surface area (Å²) in [7, 11) is 1.26. The summed E-state index contributed by atoms with van der Waals surface area (Å²) in [6.45, 7) is 0. The van der Waals surface area contributed by atoms with Crippen LogP contribution in [-0.2, 0) is 25.5 Å². The Bertz CT molecular complexity index is 900. The van der Waals surface area contributed by atoms with Crippen molar-refractivity contribution >= 4 is 52.2 Å². The van der Waals surface area contributed by atoms with E-state index >= 15 is 0 Å². The van der Waals surface area contributed by atoms with Gasteiger partial charge < -0.3 is 20.4 Å². The van der Waals surface area contributed by atoms with Gasteiger partial charge in [-0.3, -0.25) is 14.6 Å². The van der Waals surface area contributed by atoms with E-state index in [2.05, 4.69) is 20.6 Å². The lowest BCUT2D eigenvalue weighted by Crippen LogP contribution is -2.56. The highest BCUT2D eigenvalue weighted by molar-refractivity contribution is 7.80. The lowest BCUT2D eigenvalue weighted by atomic mass is 10.0. The van der Waals surface area contributed by atoms with Gasteiger partial charge in [-0.25, -0.2) is 4.79 Å². The van der Waals surface area contributed by atoms with E-state index in [1.807, 2.05) is 24.3 Å². The van der Waals surface area contributed by atoms with E-state index in [0.717, 1.165) is 22.7 Å². The van der Waals surface area contributed by atoms with Gasteiger partial charge in [-0.2, -0.15) is 0 Å². The second-order valence-electron chi connectivity index (χ2n) is 5.69. The molecule has 1 aliphatic heterocycles. The van der Waals surface area contributed by atoms with Crippen LogP contribution in [0, 0.1) is 5.92 Å². The van der Waals surface area contributed by atoms with Crippen LogP contribution in [0.15, 0.2) is 35.5 Å². The van der Waals surface area contributed by atoms with Crippen LogP contribution < -0.4 is 10.6 Å². The normalized spacial score (nSPS) is 16.6. The van der Waals surface area contributed by atoms with Crippen molar-refractivity contribution in [2.24, 2.45) is 10.9 Å². The first-order valence-electron chi connectivity index (χ1n) is 7.81. The minimum atomic E-state index is -1.16. The van der Waals surface area contributed by atoms with Gasteiger partial charge in [-0.05, 0) is 23.8 Å². The number of amides is 2. The smallest absolute Gasteiger partial charge is 0.330 e. The number of rotatable bonds is 5. The summed E-state index contributed by atoms with van der Waals surface area (Å²) in [6, 6.07) is 6.78. The first-order valence-corrected chi connectivity index (χ1v) is 8.22. The highest BCUT2D eigenvalue weighted by Gasteiger charge is 2.32. The predicted octanol–water partition coefficient (Wildman–Crippen LogP) is 0.470. The first-order chi connectivity index (χ1) is 12.5. The summed E-state index contributed by atoms with van der Waals surface area (Å²) in [5, 5.41) is 5.61. The van der Waals surface area contributed by atoms with Crippen molar-refractivity contribution in [3.8, 4) is 0 Å². The Morgan fingerprint density at radius 1 is 1.31 bits per heavy atom. The molecule has 0 radical (unpaired) electrons. The van der Waals surface area contributed by atoms with Crippen molar-refractivity contribution in [3.63, 3.8) is 0 Å². The molecule has 8 nitrogen and oxygen atoms in total. The molecule has 0 saturated carbocycles. The number of H-pyrrole nitrogens is 1. The topological polar surface area (TPSA) is 113 Å². The molecular weight excluding hydrogens is 356 g/mol. The summed E-state index contributed by atoms with van der Waals surface area (Å²) in [4.78, 5) is 43.1. The Morgan fingerprint density at radius 3 is 2.69 bits per heavy atom. The van der Waals surface area contributed by atoms with Crippen molar-refractivity contribution < 1.29 is 19.1 Å². The molecule has 1 aliphatic rings. The average molecular weight is 372 g/mol. The number of esters is 1. The van der Waals surface area contributed by atoms with Gasteiger partial charge in [0.15, 0.2) is 17.1 Å². The van der Waals surface area contributed by atoms with Crippen LogP contribution in [0.1, 0.15) is 5.56 Å². The van der Waals surface area contributed by atoms with Crippen molar-refractivity contribution in [2.45, 2.75) is 12.5 Å². The zero-order chi connectivity index (χ0) is 18.7. The minimum absolute atomic E-state index is 0.0482. The third-order valence-electron chi connectivity index (χ3n) is 4.01. The number of nitrogens with zero attached hydrogens (tertiary/aromatic N) is 1. The third kappa shape index (κ3) is 3.62. The number of methoxy groups -OCH3 is 1. The predicted molar refractivity (Wildman–Crippen MR) is 98.7 cm³/mol. The quantitative estimate of drug-likeness (QED) is 0.306. The fourth-order valence-electron chi connectivity index (χ4n) is 2.70. The van der Waals surface area contributed by atoms with E-state index < -0.39 is 29.7 Å². The number of aromatic amines is 1. The number of hydrogen-bond donors (Lipinski definition) is 3. The van der Waals surface area contributed by atoms with Crippen molar-refractivity contribution in [1.82, 2.24) is 15.6 Å². The monoisotopic (exact) mass is 372 g/mol. The van der Waals surface area contributed by atoms with Crippen LogP contribution in [-0.4, -0.2) is 47.2 Å². The number of carbonyl (C=O) groups excluding carboxylic acids is 3. The number of benzene rings is 1. The van der Waals surface area contributed by atoms with Crippen LogP contribution >= 0.6 is 12.2 Å². The van der Waals surface area contributed by atoms with E-state index in [0.29, 0.717) is 0 Å². The van der Waals surface area contributed by atoms with Crippen molar-refractivity contribution in [3.05, 3.63) is 36.0 Å². The second kappa shape index (κ2) is 7.44. The molecule has 2 heterocycles. The molecule has 1 atom stereocenters. The zero-order valence-corrected chi connectivity index (χ0v) is 14.6. The van der Waals surface area contributed by atoms with E-state index in [9.17, 15) is 14.4 Å². The molecule has 26 heavy (non-hydrogen) atoms. The van der Waals surface area contributed by atoms with Gasteiger partial charge in [-0.1, -0.05) is 18.2 Å². The minimum Gasteiger partial charge on any atom is -0.467 e. The Morgan fingerprint density at radius 2 is 2.00 bits per heavy atom. The zero-order valence-electron chi connectivity index (χ0n) is 13.8. The number of fused-ring (bicyclic) bond motifs is 1. The molecule has 1 saturated heterocycles. The van der Waals surface area contributed by atoms with E-state index in [1.165, 1.54) is 7.11 Å². The SMILES string of the molecule is COC(=O)[C@@H](Cc1c[nH]c2ccccc12)N=CC1C(=O)NC(=S)NC1=O. The summed E-state index contributed by atoms with van der Waals surface area (Å²) in [6.07, 6.45) is 3.22. The largest absolute Gasteiger partial charge is 0.467 e. The lowest BCUT2D eigenvalue weighted by Gasteiger charge is -2.20. The Kier molecular flexibility index (Phi) is 5.08. The number of hydrogen-bond acceptors (Lipinski definition) is 6. The highest BCUT2D eigenvalue weighted by Crippen LogP contribution is 2.20. The van der Waals surface area contributed by atoms with Crippen LogP contribution in [0.5, 0.6) is 0 Å². The highest BCUT2D eigenvalue weighted by atomic mass is 32.1. The molecule has 3 N–H and O–H groups in total. The number of nitrogens with one attached hydrogen (secondary N) is 3. The van der Waals surface area contributed by atoms with Gasteiger partial charge >= 0.3 is 5.97 Å². The number of thiocarbonyl (C=S) groups is 1. The summed E-state index contributed by atoms with van der Waals surface area (Å²) < 4.78 is 4.80. The van der Waals surface area contributed by atoms with E-state index in [-0.39, 0.29) is 11.5 Å². The van der Waals surface area contributed by atoms with Crippen LogP contribution in [0.25, 0.3) is 10.9 Å². The maximum atomic E-state index is 12.1. The maximum Gasteiger partial charge on any atom is 0.330 e. The molecule has 2 aromatic rings. The molecule has 9 heteroatoms. The van der Waals surface area contributed by atoms with Crippen LogP contribution in [0.3, 0.4) is 0 Å². The molecule has 0 bridgehead atoms. The van der Waals surface area contributed by atoms with Gasteiger partial charge in [0.25, 0.3) is 0 Å². The molecule has 0 aliphatic carbocycles. The fraction of sp³-hybridized carbons (Fsp3) is 0.235. The average Bonchev–Trinajstić information content (AvgIpc) is 3.02. The molecule has 3 rings (SSSR count). The number of ether oxygens (including phenoxy) is 1. The van der Waals surface area contributed by atoms with Gasteiger partial charge in [0.2, 0.25) is 11.8 Å².